The number of carbonyl (C=O) groups excluding carboxylic acids is 1. The van der Waals surface area contributed by atoms with Gasteiger partial charge in [0.15, 0.2) is 11.3 Å². The van der Waals surface area contributed by atoms with Crippen molar-refractivity contribution in [3.63, 3.8) is 0 Å². The normalized spacial score (nSPS) is 24.8. The Labute approximate surface area is 214 Å². The topological polar surface area (TPSA) is 90.6 Å². The van der Waals surface area contributed by atoms with Crippen LogP contribution in [0, 0.1) is 5.92 Å². The van der Waals surface area contributed by atoms with Crippen LogP contribution in [-0.2, 0) is 27.1 Å². The van der Waals surface area contributed by atoms with E-state index in [4.69, 9.17) is 9.57 Å². The fourth-order valence-corrected chi connectivity index (χ4v) is 5.97. The number of fused-ring (bicyclic) bond motifs is 1. The summed E-state index contributed by atoms with van der Waals surface area (Å²) in [5.74, 6) is -0.442. The summed E-state index contributed by atoms with van der Waals surface area (Å²) in [6, 6.07) is 0.0704. The molecule has 3 heterocycles. The quantitative estimate of drug-likeness (QED) is 0.481. The lowest BCUT2D eigenvalue weighted by Crippen LogP contribution is -2.37. The SMILES string of the molecule is CCOC(=O)C1CCC2(CC1)CC(c1c(C(F)(F)F)nc3c(cnn3CC)c1NC1CCCCC1)=NO2. The first-order chi connectivity index (χ1) is 17.7. The number of aryl methyl sites for hydroxylation is 1. The predicted octanol–water partition coefficient (Wildman–Crippen LogP) is 5.83. The maximum Gasteiger partial charge on any atom is 0.434 e. The van der Waals surface area contributed by atoms with E-state index in [-0.39, 0.29) is 41.3 Å². The van der Waals surface area contributed by atoms with Crippen molar-refractivity contribution in [2.75, 3.05) is 11.9 Å². The monoisotopic (exact) mass is 521 g/mol. The Kier molecular flexibility index (Phi) is 7.06. The molecule has 0 saturated heterocycles. The molecule has 2 aromatic rings. The van der Waals surface area contributed by atoms with E-state index in [0.29, 0.717) is 49.9 Å². The predicted molar refractivity (Wildman–Crippen MR) is 132 cm³/mol. The van der Waals surface area contributed by atoms with Crippen molar-refractivity contribution in [2.45, 2.75) is 102 Å². The van der Waals surface area contributed by atoms with Crippen LogP contribution in [0.2, 0.25) is 0 Å². The highest BCUT2D eigenvalue weighted by atomic mass is 19.4. The molecule has 3 aliphatic rings. The molecule has 37 heavy (non-hydrogen) atoms. The maximum absolute atomic E-state index is 14.5. The van der Waals surface area contributed by atoms with Gasteiger partial charge in [0, 0.05) is 19.0 Å². The Morgan fingerprint density at radius 2 is 1.92 bits per heavy atom. The third kappa shape index (κ3) is 5.01. The molecule has 2 saturated carbocycles. The molecule has 0 amide bonds. The third-order valence-corrected chi connectivity index (χ3v) is 7.95. The van der Waals surface area contributed by atoms with Crippen molar-refractivity contribution in [3.05, 3.63) is 17.5 Å². The molecular formula is C26H34F3N5O3. The number of rotatable bonds is 6. The Morgan fingerprint density at radius 1 is 1.19 bits per heavy atom. The van der Waals surface area contributed by atoms with Crippen LogP contribution in [0.1, 0.15) is 89.3 Å². The van der Waals surface area contributed by atoms with Gasteiger partial charge in [-0.1, -0.05) is 24.4 Å². The first-order valence-corrected chi connectivity index (χ1v) is 13.4. The molecular weight excluding hydrogens is 487 g/mol. The molecule has 11 heteroatoms. The fourth-order valence-electron chi connectivity index (χ4n) is 5.97. The maximum atomic E-state index is 14.5. The van der Waals surface area contributed by atoms with Crippen LogP contribution in [0.25, 0.3) is 11.0 Å². The van der Waals surface area contributed by atoms with E-state index in [2.05, 4.69) is 20.6 Å². The van der Waals surface area contributed by atoms with Gasteiger partial charge in [-0.2, -0.15) is 18.3 Å². The van der Waals surface area contributed by atoms with E-state index in [1.807, 2.05) is 6.92 Å². The lowest BCUT2D eigenvalue weighted by atomic mass is 9.76. The summed E-state index contributed by atoms with van der Waals surface area (Å²) in [6.45, 7) is 4.33. The van der Waals surface area contributed by atoms with Gasteiger partial charge in [0.1, 0.15) is 5.60 Å². The van der Waals surface area contributed by atoms with Gasteiger partial charge in [-0.3, -0.25) is 4.79 Å². The zero-order chi connectivity index (χ0) is 26.2. The standard InChI is InChI=1S/C26H34F3N5O3/c1-3-34-23-18(15-30-34)21(31-17-8-6-5-7-9-17)20(22(32-23)26(27,28)29)19-14-25(37-33-19)12-10-16(11-13-25)24(35)36-4-2/h15-17H,3-14H2,1-2H3,(H,31,32). The van der Waals surface area contributed by atoms with Crippen LogP contribution in [0.5, 0.6) is 0 Å². The van der Waals surface area contributed by atoms with Crippen molar-refractivity contribution < 1.29 is 27.5 Å². The Balaban J connectivity index is 1.52. The number of anilines is 1. The average Bonchev–Trinajstić information content (AvgIpc) is 3.48. The summed E-state index contributed by atoms with van der Waals surface area (Å²) >= 11 is 0. The van der Waals surface area contributed by atoms with Crippen LogP contribution >= 0.6 is 0 Å². The molecule has 5 rings (SSSR count). The number of halogens is 3. The zero-order valence-corrected chi connectivity index (χ0v) is 21.4. The van der Waals surface area contributed by atoms with Crippen molar-refractivity contribution in [2.24, 2.45) is 11.1 Å². The number of pyridine rings is 1. The van der Waals surface area contributed by atoms with Crippen molar-refractivity contribution in [3.8, 4) is 0 Å². The first kappa shape index (κ1) is 25.8. The van der Waals surface area contributed by atoms with E-state index in [1.54, 1.807) is 13.1 Å². The van der Waals surface area contributed by atoms with Crippen LogP contribution < -0.4 is 5.32 Å². The summed E-state index contributed by atoms with van der Waals surface area (Å²) < 4.78 is 50.2. The second-order valence-electron chi connectivity index (χ2n) is 10.4. The molecule has 2 aliphatic carbocycles. The van der Waals surface area contributed by atoms with E-state index in [9.17, 15) is 18.0 Å². The van der Waals surface area contributed by atoms with E-state index in [1.165, 1.54) is 4.68 Å². The van der Waals surface area contributed by atoms with Crippen LogP contribution in [0.3, 0.4) is 0 Å². The highest BCUT2D eigenvalue weighted by Crippen LogP contribution is 2.46. The van der Waals surface area contributed by atoms with E-state index < -0.39 is 17.5 Å². The van der Waals surface area contributed by atoms with Crippen LogP contribution in [0.4, 0.5) is 18.9 Å². The lowest BCUT2D eigenvalue weighted by molar-refractivity contribution is -0.151. The van der Waals surface area contributed by atoms with Crippen LogP contribution in [-0.4, -0.2) is 44.7 Å². The van der Waals surface area contributed by atoms with Gasteiger partial charge in [-0.25, -0.2) is 9.67 Å². The largest absolute Gasteiger partial charge is 0.466 e. The average molecular weight is 522 g/mol. The minimum atomic E-state index is -4.69. The molecule has 0 aromatic carbocycles. The fraction of sp³-hybridized carbons (Fsp3) is 0.692. The number of alkyl halides is 3. The summed E-state index contributed by atoms with van der Waals surface area (Å²) in [5.41, 5.74) is -0.867. The summed E-state index contributed by atoms with van der Waals surface area (Å²) in [6.07, 6.45) is 4.32. The highest BCUT2D eigenvalue weighted by molar-refractivity contribution is 6.12. The molecule has 1 aliphatic heterocycles. The van der Waals surface area contributed by atoms with Crippen molar-refractivity contribution >= 4 is 28.4 Å². The van der Waals surface area contributed by atoms with Gasteiger partial charge in [0.05, 0.1) is 41.1 Å². The number of hydrogen-bond acceptors (Lipinski definition) is 7. The smallest absolute Gasteiger partial charge is 0.434 e. The number of aromatic nitrogens is 3. The first-order valence-electron chi connectivity index (χ1n) is 13.4. The molecule has 2 aromatic heterocycles. The Hall–Kier alpha value is -2.85. The van der Waals surface area contributed by atoms with E-state index >= 15 is 0 Å². The molecule has 0 radical (unpaired) electrons. The Bertz CT molecular complexity index is 1180. The summed E-state index contributed by atoms with van der Waals surface area (Å²) in [4.78, 5) is 22.2. The molecule has 0 atom stereocenters. The van der Waals surface area contributed by atoms with Crippen LogP contribution in [0.15, 0.2) is 11.4 Å². The number of oxime groups is 1. The molecule has 0 bridgehead atoms. The van der Waals surface area contributed by atoms with Gasteiger partial charge in [0.25, 0.3) is 0 Å². The van der Waals surface area contributed by atoms with Crippen molar-refractivity contribution in [1.29, 1.82) is 0 Å². The van der Waals surface area contributed by atoms with Gasteiger partial charge in [-0.05, 0) is 52.4 Å². The zero-order valence-electron chi connectivity index (χ0n) is 21.4. The summed E-state index contributed by atoms with van der Waals surface area (Å²) in [5, 5.41) is 12.6. The van der Waals surface area contributed by atoms with Gasteiger partial charge >= 0.3 is 12.1 Å². The Morgan fingerprint density at radius 3 is 2.57 bits per heavy atom. The van der Waals surface area contributed by atoms with E-state index in [0.717, 1.165) is 32.1 Å². The highest BCUT2D eigenvalue weighted by Gasteiger charge is 2.47. The second-order valence-corrected chi connectivity index (χ2v) is 10.4. The number of esters is 1. The molecule has 0 unspecified atom stereocenters. The number of ether oxygens (including phenoxy) is 1. The molecule has 202 valence electrons. The van der Waals surface area contributed by atoms with Gasteiger partial charge in [0.2, 0.25) is 0 Å². The molecule has 1 spiro atoms. The number of nitrogens with zero attached hydrogens (tertiary/aromatic N) is 4. The van der Waals surface area contributed by atoms with Crippen molar-refractivity contribution in [1.82, 2.24) is 14.8 Å². The molecule has 2 fully saturated rings. The van der Waals surface area contributed by atoms with Gasteiger partial charge in [-0.15, -0.1) is 0 Å². The molecule has 1 N–H and O–H groups in total. The second kappa shape index (κ2) is 10.1. The lowest BCUT2D eigenvalue weighted by Gasteiger charge is -2.34. The minimum absolute atomic E-state index is 0.0365. The third-order valence-electron chi connectivity index (χ3n) is 7.95. The minimum Gasteiger partial charge on any atom is -0.466 e. The van der Waals surface area contributed by atoms with Gasteiger partial charge < -0.3 is 14.9 Å². The summed E-state index contributed by atoms with van der Waals surface area (Å²) in [7, 11) is 0. The number of nitrogens with one attached hydrogen (secondary N) is 1. The number of hydrogen-bond donors (Lipinski definition) is 1. The molecule has 8 nitrogen and oxygen atoms in total. The number of carbonyl (C=O) groups is 1.